The van der Waals surface area contributed by atoms with Crippen LogP contribution in [0.1, 0.15) is 18.1 Å². The minimum atomic E-state index is -0.904. The van der Waals surface area contributed by atoms with Gasteiger partial charge in [-0.05, 0) is 18.6 Å². The summed E-state index contributed by atoms with van der Waals surface area (Å²) >= 11 is 0. The normalized spacial score (nSPS) is 12.3. The number of amides is 1. The first-order valence-corrected chi connectivity index (χ1v) is 6.82. The first-order valence-electron chi connectivity index (χ1n) is 6.82. The lowest BCUT2D eigenvalue weighted by Gasteiger charge is -2.19. The molecular weight excluding hydrogens is 270 g/mol. The maximum atomic E-state index is 12.2. The number of aryl methyl sites for hydroxylation is 1. The van der Waals surface area contributed by atoms with Crippen molar-refractivity contribution in [3.05, 3.63) is 35.6 Å². The molecule has 1 heterocycles. The third-order valence-corrected chi connectivity index (χ3v) is 3.55. The van der Waals surface area contributed by atoms with Crippen LogP contribution in [-0.2, 0) is 16.0 Å². The molecule has 5 nitrogen and oxygen atoms in total. The number of carbonyl (C=O) groups excluding carboxylic acids is 1. The molecule has 1 N–H and O–H groups in total. The Hall–Kier alpha value is -2.30. The molecule has 1 amide bonds. The highest BCUT2D eigenvalue weighted by molar-refractivity contribution is 5.88. The maximum absolute atomic E-state index is 12.2. The third kappa shape index (κ3) is 3.42. The van der Waals surface area contributed by atoms with E-state index in [1.165, 1.54) is 4.90 Å². The highest BCUT2D eigenvalue weighted by Crippen LogP contribution is 2.23. The number of furan rings is 1. The lowest BCUT2D eigenvalue weighted by atomic mass is 10.1. The third-order valence-electron chi connectivity index (χ3n) is 3.55. The first-order chi connectivity index (χ1) is 9.88. The van der Waals surface area contributed by atoms with Crippen LogP contribution in [0.25, 0.3) is 11.0 Å². The van der Waals surface area contributed by atoms with E-state index in [0.717, 1.165) is 22.1 Å². The number of carboxylic acids is 1. The van der Waals surface area contributed by atoms with Crippen LogP contribution in [0.3, 0.4) is 0 Å². The number of carboxylic acid groups (broad SMARTS) is 1. The van der Waals surface area contributed by atoms with E-state index in [4.69, 9.17) is 9.52 Å². The number of carbonyl (C=O) groups is 2. The predicted molar refractivity (Wildman–Crippen MR) is 79.1 cm³/mol. The lowest BCUT2D eigenvalue weighted by Crippen LogP contribution is -2.34. The molecule has 0 aliphatic heterocycles. The summed E-state index contributed by atoms with van der Waals surface area (Å²) in [7, 11) is 1.62. The van der Waals surface area contributed by atoms with E-state index in [1.807, 2.05) is 25.1 Å². The quantitative estimate of drug-likeness (QED) is 0.918. The molecule has 21 heavy (non-hydrogen) atoms. The molecule has 112 valence electrons. The largest absolute Gasteiger partial charge is 0.481 e. The van der Waals surface area contributed by atoms with E-state index >= 15 is 0 Å². The number of likely N-dealkylation sites (N-methyl/N-ethyl adjacent to an activating group) is 1. The van der Waals surface area contributed by atoms with Crippen molar-refractivity contribution >= 4 is 22.8 Å². The zero-order chi connectivity index (χ0) is 15.6. The number of nitrogens with zero attached hydrogens (tertiary/aromatic N) is 1. The second-order valence-corrected chi connectivity index (χ2v) is 5.45. The summed E-state index contributed by atoms with van der Waals surface area (Å²) in [6, 6.07) is 5.85. The van der Waals surface area contributed by atoms with Gasteiger partial charge < -0.3 is 14.4 Å². The number of rotatable bonds is 5. The van der Waals surface area contributed by atoms with Crippen LogP contribution < -0.4 is 0 Å². The fraction of sp³-hybridized carbons (Fsp3) is 0.375. The Morgan fingerprint density at radius 1 is 1.38 bits per heavy atom. The van der Waals surface area contributed by atoms with Gasteiger partial charge in [-0.2, -0.15) is 0 Å². The van der Waals surface area contributed by atoms with Crippen LogP contribution in [0.2, 0.25) is 0 Å². The number of benzene rings is 1. The van der Waals surface area contributed by atoms with Crippen LogP contribution in [0, 0.1) is 12.8 Å². The van der Waals surface area contributed by atoms with Gasteiger partial charge in [0.15, 0.2) is 0 Å². The average molecular weight is 289 g/mol. The zero-order valence-corrected chi connectivity index (χ0v) is 12.4. The van der Waals surface area contributed by atoms with Gasteiger partial charge in [0.1, 0.15) is 5.58 Å². The van der Waals surface area contributed by atoms with E-state index in [0.29, 0.717) is 0 Å². The molecule has 0 bridgehead atoms. The molecule has 1 aromatic carbocycles. The molecule has 2 rings (SSSR count). The molecule has 0 fully saturated rings. The smallest absolute Gasteiger partial charge is 0.308 e. The summed E-state index contributed by atoms with van der Waals surface area (Å²) in [5.74, 6) is -1.60. The van der Waals surface area contributed by atoms with Gasteiger partial charge in [0.25, 0.3) is 0 Å². The van der Waals surface area contributed by atoms with Gasteiger partial charge in [-0.25, -0.2) is 0 Å². The summed E-state index contributed by atoms with van der Waals surface area (Å²) in [5.41, 5.74) is 2.69. The Labute approximate surface area is 123 Å². The number of fused-ring (bicyclic) bond motifs is 1. The molecule has 1 aromatic heterocycles. The summed E-state index contributed by atoms with van der Waals surface area (Å²) in [6.07, 6.45) is 1.80. The van der Waals surface area contributed by atoms with Crippen LogP contribution >= 0.6 is 0 Å². The number of hydrogen-bond donors (Lipinski definition) is 1. The second kappa shape index (κ2) is 5.99. The van der Waals surface area contributed by atoms with Crippen LogP contribution in [0.5, 0.6) is 0 Å². The van der Waals surface area contributed by atoms with Gasteiger partial charge in [-0.15, -0.1) is 0 Å². The Kier molecular flexibility index (Phi) is 4.31. The summed E-state index contributed by atoms with van der Waals surface area (Å²) in [5, 5.41) is 9.81. The van der Waals surface area contributed by atoms with Crippen molar-refractivity contribution in [3.63, 3.8) is 0 Å². The fourth-order valence-electron chi connectivity index (χ4n) is 2.22. The van der Waals surface area contributed by atoms with Crippen molar-refractivity contribution in [2.75, 3.05) is 13.6 Å². The molecule has 5 heteroatoms. The number of hydrogen-bond acceptors (Lipinski definition) is 3. The molecule has 0 aliphatic carbocycles. The van der Waals surface area contributed by atoms with Crippen molar-refractivity contribution in [2.45, 2.75) is 20.3 Å². The first kappa shape index (κ1) is 15.1. The van der Waals surface area contributed by atoms with Gasteiger partial charge >= 0.3 is 5.97 Å². The highest BCUT2D eigenvalue weighted by atomic mass is 16.4. The Morgan fingerprint density at radius 2 is 2.10 bits per heavy atom. The van der Waals surface area contributed by atoms with Gasteiger partial charge in [0, 0.05) is 24.5 Å². The van der Waals surface area contributed by atoms with Gasteiger partial charge in [0.2, 0.25) is 5.91 Å². The predicted octanol–water partition coefficient (Wildman–Crippen LogP) is 2.46. The van der Waals surface area contributed by atoms with E-state index in [1.54, 1.807) is 20.2 Å². The summed E-state index contributed by atoms with van der Waals surface area (Å²) in [6.45, 7) is 3.76. The average Bonchev–Trinajstić information content (AvgIpc) is 2.80. The zero-order valence-electron chi connectivity index (χ0n) is 12.4. The van der Waals surface area contributed by atoms with Crippen molar-refractivity contribution in [3.8, 4) is 0 Å². The molecular formula is C16H19NO4. The Morgan fingerprint density at radius 3 is 2.76 bits per heavy atom. The van der Waals surface area contributed by atoms with Crippen LogP contribution in [0.4, 0.5) is 0 Å². The van der Waals surface area contributed by atoms with Crippen molar-refractivity contribution in [2.24, 2.45) is 5.92 Å². The van der Waals surface area contributed by atoms with E-state index < -0.39 is 11.9 Å². The summed E-state index contributed by atoms with van der Waals surface area (Å²) < 4.78 is 5.46. The van der Waals surface area contributed by atoms with E-state index in [-0.39, 0.29) is 18.9 Å². The highest BCUT2D eigenvalue weighted by Gasteiger charge is 2.19. The Bertz CT molecular complexity index is 674. The van der Waals surface area contributed by atoms with Gasteiger partial charge in [0.05, 0.1) is 18.6 Å². The molecule has 0 aliphatic rings. The molecule has 0 radical (unpaired) electrons. The molecule has 0 saturated carbocycles. The van der Waals surface area contributed by atoms with Gasteiger partial charge in [-0.1, -0.05) is 19.1 Å². The number of aliphatic carboxylic acids is 1. The fourth-order valence-corrected chi connectivity index (χ4v) is 2.22. The SMILES string of the molecule is Cc1ccc2c(CC(=O)N(C)CC(C)C(=O)O)coc2c1. The molecule has 0 spiro atoms. The maximum Gasteiger partial charge on any atom is 0.308 e. The minimum absolute atomic E-state index is 0.119. The van der Waals surface area contributed by atoms with E-state index in [9.17, 15) is 9.59 Å². The monoisotopic (exact) mass is 289 g/mol. The molecule has 0 saturated heterocycles. The van der Waals surface area contributed by atoms with E-state index in [2.05, 4.69) is 0 Å². The standard InChI is InChI=1S/C16H19NO4/c1-10-4-5-13-12(9-21-14(13)6-10)7-15(18)17(3)8-11(2)16(19)20/h4-6,9,11H,7-8H2,1-3H3,(H,19,20). The van der Waals surface area contributed by atoms with Crippen molar-refractivity contribution in [1.82, 2.24) is 4.90 Å². The van der Waals surface area contributed by atoms with Crippen molar-refractivity contribution in [1.29, 1.82) is 0 Å². The minimum Gasteiger partial charge on any atom is -0.481 e. The van der Waals surface area contributed by atoms with Gasteiger partial charge in [-0.3, -0.25) is 9.59 Å². The second-order valence-electron chi connectivity index (χ2n) is 5.45. The molecule has 2 aromatic rings. The van der Waals surface area contributed by atoms with Crippen LogP contribution in [0.15, 0.2) is 28.9 Å². The van der Waals surface area contributed by atoms with Crippen LogP contribution in [-0.4, -0.2) is 35.5 Å². The topological polar surface area (TPSA) is 70.8 Å². The van der Waals surface area contributed by atoms with Crippen molar-refractivity contribution < 1.29 is 19.1 Å². The summed E-state index contributed by atoms with van der Waals surface area (Å²) in [4.78, 5) is 24.4. The Balaban J connectivity index is 2.09. The molecule has 1 unspecified atom stereocenters. The molecule has 1 atom stereocenters. The lowest BCUT2D eigenvalue weighted by molar-refractivity contribution is -0.142.